The highest BCUT2D eigenvalue weighted by molar-refractivity contribution is 8.12. The summed E-state index contributed by atoms with van der Waals surface area (Å²) in [6.07, 6.45) is 13.3. The molecular formula is C29H32ClN3O4S. The van der Waals surface area contributed by atoms with Gasteiger partial charge in [-0.3, -0.25) is 0 Å². The van der Waals surface area contributed by atoms with Gasteiger partial charge in [-0.15, -0.1) is 10.2 Å². The van der Waals surface area contributed by atoms with E-state index in [2.05, 4.69) is 142 Å². The number of hydrogen-bond acceptors (Lipinski definition) is 7. The molecule has 0 N–H and O–H groups in total. The summed E-state index contributed by atoms with van der Waals surface area (Å²) < 4.78 is 36.2. The molecular weight excluding hydrogens is 522 g/mol. The lowest BCUT2D eigenvalue weighted by Crippen LogP contribution is -2.68. The van der Waals surface area contributed by atoms with E-state index in [-0.39, 0.29) is 0 Å². The van der Waals surface area contributed by atoms with Crippen molar-refractivity contribution in [3.63, 3.8) is 0 Å². The monoisotopic (exact) mass is 553 g/mol. The molecule has 1 heterocycles. The van der Waals surface area contributed by atoms with E-state index in [9.17, 15) is 0 Å². The van der Waals surface area contributed by atoms with Crippen molar-refractivity contribution in [2.75, 3.05) is 52.1 Å². The molecule has 2 aromatic rings. The van der Waals surface area contributed by atoms with Crippen LogP contribution in [0.15, 0.2) is 95.5 Å². The first-order chi connectivity index (χ1) is 17.9. The third kappa shape index (κ3) is 7.70. The Kier molecular flexibility index (Phi) is 9.78. The van der Waals surface area contributed by atoms with E-state index in [4.69, 9.17) is 18.6 Å². The van der Waals surface area contributed by atoms with Crippen LogP contribution in [-0.4, -0.2) is 52.6 Å². The molecule has 0 fully saturated rings. The zero-order chi connectivity index (χ0) is 28.0. The lowest BCUT2D eigenvalue weighted by Gasteiger charge is -2.25. The minimum absolute atomic E-state index is 1.22. The standard InChI is InChI=1S/C29H32N3S.ClHO4/c1-30(2)25-16-10-7-13-22(25)21-19-28(23-14-8-11-17-26(23)31(3)4)33-29(20-21)24-15-9-12-18-27(24)32(5)6;2-1(3,4)5/h7-20H,1-6H3;(H,2,3,4,5)/q+1;/p-1. The summed E-state index contributed by atoms with van der Waals surface area (Å²) >= 11 is 1.85. The molecule has 0 aromatic heterocycles. The number of benzene rings is 2. The van der Waals surface area contributed by atoms with Gasteiger partial charge in [-0.1, -0.05) is 60.3 Å². The summed E-state index contributed by atoms with van der Waals surface area (Å²) in [6, 6.07) is 17.3. The lowest BCUT2D eigenvalue weighted by molar-refractivity contribution is -2.00. The van der Waals surface area contributed by atoms with Gasteiger partial charge < -0.3 is 9.80 Å². The average Bonchev–Trinajstić information content (AvgIpc) is 2.87. The number of thioether (sulfide) groups is 1. The predicted octanol–water partition coefficient (Wildman–Crippen LogP) is 1.33. The van der Waals surface area contributed by atoms with E-state index in [1.807, 2.05) is 11.8 Å². The maximum Gasteiger partial charge on any atom is 0.207 e. The highest BCUT2D eigenvalue weighted by Crippen LogP contribution is 2.47. The predicted molar refractivity (Wildman–Crippen MR) is 148 cm³/mol. The fourth-order valence-corrected chi connectivity index (χ4v) is 5.35. The van der Waals surface area contributed by atoms with Crippen molar-refractivity contribution in [1.29, 1.82) is 0 Å². The smallest absolute Gasteiger partial charge is 0.207 e. The van der Waals surface area contributed by atoms with Crippen molar-refractivity contribution in [2.45, 2.75) is 0 Å². The number of para-hydroxylation sites is 2. The summed E-state index contributed by atoms with van der Waals surface area (Å²) in [5.74, 6) is 0. The van der Waals surface area contributed by atoms with E-state index >= 15 is 0 Å². The zero-order valence-corrected chi connectivity index (χ0v) is 23.9. The van der Waals surface area contributed by atoms with Gasteiger partial charge in [0.05, 0.1) is 5.57 Å². The van der Waals surface area contributed by atoms with Crippen LogP contribution < -0.4 is 28.4 Å². The molecule has 0 saturated heterocycles. The van der Waals surface area contributed by atoms with Gasteiger partial charge in [0.2, 0.25) is 5.71 Å². The van der Waals surface area contributed by atoms with E-state index < -0.39 is 10.2 Å². The van der Waals surface area contributed by atoms with Gasteiger partial charge in [-0.25, -0.2) is 23.2 Å². The van der Waals surface area contributed by atoms with Crippen LogP contribution in [-0.2, 0) is 0 Å². The van der Waals surface area contributed by atoms with Crippen LogP contribution >= 0.6 is 11.8 Å². The largest absolute Gasteiger partial charge is 0.377 e. The summed E-state index contributed by atoms with van der Waals surface area (Å²) in [5, 5.41) is 0. The molecule has 7 nitrogen and oxygen atoms in total. The quantitative estimate of drug-likeness (QED) is 0.526. The maximum atomic E-state index is 8.49. The normalized spacial score (nSPS) is 16.8. The van der Waals surface area contributed by atoms with Crippen LogP contribution in [0.4, 0.5) is 11.4 Å². The fourth-order valence-electron chi connectivity index (χ4n) is 4.17. The Labute approximate surface area is 231 Å². The Balaban J connectivity index is 0.000000732. The average molecular weight is 554 g/mol. The van der Waals surface area contributed by atoms with Crippen molar-refractivity contribution >= 4 is 39.3 Å². The molecule has 0 spiro atoms. The van der Waals surface area contributed by atoms with E-state index in [0.717, 1.165) is 0 Å². The first-order valence-corrected chi connectivity index (χ1v) is 13.8. The van der Waals surface area contributed by atoms with Crippen molar-refractivity contribution in [2.24, 2.45) is 0 Å². The van der Waals surface area contributed by atoms with E-state index in [0.29, 0.717) is 0 Å². The summed E-state index contributed by atoms with van der Waals surface area (Å²) in [7, 11) is 7.70. The minimum atomic E-state index is -4.94. The van der Waals surface area contributed by atoms with Crippen LogP contribution in [0.1, 0.15) is 11.1 Å². The number of rotatable bonds is 4. The van der Waals surface area contributed by atoms with E-state index in [1.54, 1.807) is 0 Å². The zero-order valence-electron chi connectivity index (χ0n) is 22.3. The molecule has 0 unspecified atom stereocenters. The first-order valence-electron chi connectivity index (χ1n) is 11.8. The van der Waals surface area contributed by atoms with Gasteiger partial charge >= 0.3 is 0 Å². The lowest BCUT2D eigenvalue weighted by atomic mass is 9.98. The molecule has 1 aliphatic heterocycles. The highest BCUT2D eigenvalue weighted by atomic mass is 35.7. The molecule has 0 saturated carbocycles. The van der Waals surface area contributed by atoms with E-state index in [1.165, 1.54) is 49.2 Å². The fraction of sp³-hybridized carbons (Fsp3) is 0.207. The third-order valence-corrected chi connectivity index (χ3v) is 6.91. The number of nitrogens with zero attached hydrogens (tertiary/aromatic N) is 3. The Morgan fingerprint density at radius 3 is 1.76 bits per heavy atom. The van der Waals surface area contributed by atoms with Crippen LogP contribution in [0.5, 0.6) is 0 Å². The SMILES string of the molecule is CN(C)c1ccccc1C1=CC(=C2C=CC=CC2=[N+](C)C)SC(c2ccccc2N(C)C)=C1.[O-][Cl+3]([O-])([O-])[O-]. The van der Waals surface area contributed by atoms with Crippen LogP contribution in [0.3, 0.4) is 0 Å². The molecule has 2 aliphatic rings. The van der Waals surface area contributed by atoms with Crippen molar-refractivity contribution in [3.8, 4) is 0 Å². The number of allylic oxidation sites excluding steroid dienone is 8. The topological polar surface area (TPSA) is 102 Å². The summed E-state index contributed by atoms with van der Waals surface area (Å²) in [6.45, 7) is 0. The van der Waals surface area contributed by atoms with Gasteiger partial charge in [0.15, 0.2) is 0 Å². The molecule has 4 rings (SSSR count). The van der Waals surface area contributed by atoms with Gasteiger partial charge in [-0.2, -0.15) is 0 Å². The van der Waals surface area contributed by atoms with Gasteiger partial charge in [0.1, 0.15) is 14.1 Å². The molecule has 38 heavy (non-hydrogen) atoms. The van der Waals surface area contributed by atoms with Crippen molar-refractivity contribution < 1.29 is 33.5 Å². The Hall–Kier alpha value is -3.11. The minimum Gasteiger partial charge on any atom is -0.377 e. The molecule has 9 heteroatoms. The number of halogens is 1. The number of anilines is 2. The van der Waals surface area contributed by atoms with Crippen LogP contribution in [0, 0.1) is 10.2 Å². The molecule has 0 radical (unpaired) electrons. The molecule has 2 aromatic carbocycles. The second-order valence-corrected chi connectivity index (χ2v) is 11.0. The van der Waals surface area contributed by atoms with Gasteiger partial charge in [-0.05, 0) is 35.9 Å². The molecule has 200 valence electrons. The first kappa shape index (κ1) is 29.4. The maximum absolute atomic E-state index is 8.49. The molecule has 0 atom stereocenters. The molecule has 0 amide bonds. The van der Waals surface area contributed by atoms with Crippen LogP contribution in [0.25, 0.3) is 10.5 Å². The Morgan fingerprint density at radius 1 is 0.711 bits per heavy atom. The third-order valence-electron chi connectivity index (χ3n) is 5.79. The Bertz CT molecular complexity index is 1360. The van der Waals surface area contributed by atoms with Gasteiger partial charge in [0, 0.05) is 66.6 Å². The molecule has 1 aliphatic carbocycles. The summed E-state index contributed by atoms with van der Waals surface area (Å²) in [4.78, 5) is 6.89. The second-order valence-electron chi connectivity index (χ2n) is 9.19. The van der Waals surface area contributed by atoms with Crippen LogP contribution in [0.2, 0.25) is 0 Å². The summed E-state index contributed by atoms with van der Waals surface area (Å²) in [5.41, 5.74) is 8.62. The van der Waals surface area contributed by atoms with Crippen molar-refractivity contribution in [3.05, 3.63) is 107 Å². The second kappa shape index (κ2) is 12.6. The Morgan fingerprint density at radius 2 is 1.21 bits per heavy atom. The van der Waals surface area contributed by atoms with Crippen molar-refractivity contribution in [1.82, 2.24) is 0 Å². The number of hydrogen-bond donors (Lipinski definition) is 0. The highest BCUT2D eigenvalue weighted by Gasteiger charge is 2.23. The van der Waals surface area contributed by atoms with Gasteiger partial charge in [0.25, 0.3) is 0 Å². The molecule has 0 bridgehead atoms.